The summed E-state index contributed by atoms with van der Waals surface area (Å²) in [6, 6.07) is 16.2. The number of halogens is 2. The number of unbranched alkanes of at least 4 members (excludes halogenated alkanes) is 7. The molecule has 188 valence electrons. The van der Waals surface area contributed by atoms with Crippen LogP contribution in [0, 0.1) is 5.92 Å². The largest absolute Gasteiger partial charge is 0.435 e. The second-order valence-corrected chi connectivity index (χ2v) is 10.2. The topological polar surface area (TPSA) is 9.23 Å². The molecule has 0 atom stereocenters. The van der Waals surface area contributed by atoms with Gasteiger partial charge in [0.1, 0.15) is 5.75 Å². The molecule has 0 saturated heterocycles. The maximum atomic E-state index is 12.3. The fraction of sp³-hybridized carbons (Fsp3) is 0.613. The molecule has 0 aromatic heterocycles. The van der Waals surface area contributed by atoms with E-state index in [1.165, 1.54) is 94.6 Å². The average Bonchev–Trinajstić information content (AvgIpc) is 2.86. The van der Waals surface area contributed by atoms with E-state index in [9.17, 15) is 8.78 Å². The van der Waals surface area contributed by atoms with Gasteiger partial charge in [-0.3, -0.25) is 0 Å². The lowest BCUT2D eigenvalue weighted by molar-refractivity contribution is -0.0498. The molecule has 1 aliphatic rings. The van der Waals surface area contributed by atoms with E-state index in [1.54, 1.807) is 12.1 Å². The van der Waals surface area contributed by atoms with Gasteiger partial charge in [0.2, 0.25) is 0 Å². The molecule has 3 rings (SSSR count). The van der Waals surface area contributed by atoms with Crippen molar-refractivity contribution in [2.45, 2.75) is 116 Å². The van der Waals surface area contributed by atoms with Crippen molar-refractivity contribution in [3.63, 3.8) is 0 Å². The minimum atomic E-state index is -2.77. The van der Waals surface area contributed by atoms with Crippen LogP contribution < -0.4 is 4.74 Å². The van der Waals surface area contributed by atoms with Crippen molar-refractivity contribution in [3.8, 4) is 5.75 Å². The zero-order valence-electron chi connectivity index (χ0n) is 21.1. The Labute approximate surface area is 206 Å². The number of hydrogen-bond acceptors (Lipinski definition) is 1. The van der Waals surface area contributed by atoms with Gasteiger partial charge in [-0.05, 0) is 79.2 Å². The zero-order chi connectivity index (χ0) is 24.0. The summed E-state index contributed by atoms with van der Waals surface area (Å²) in [6.45, 7) is -0.484. The van der Waals surface area contributed by atoms with Crippen molar-refractivity contribution in [1.29, 1.82) is 0 Å². The molecule has 0 heterocycles. The monoisotopic (exact) mass is 470 g/mol. The Morgan fingerprint density at radius 2 is 1.24 bits per heavy atom. The maximum Gasteiger partial charge on any atom is 0.387 e. The predicted octanol–water partition coefficient (Wildman–Crippen LogP) is 9.88. The summed E-state index contributed by atoms with van der Waals surface area (Å²) >= 11 is 0. The molecule has 2 aromatic rings. The first-order chi connectivity index (χ1) is 16.6. The zero-order valence-corrected chi connectivity index (χ0v) is 21.1. The predicted molar refractivity (Wildman–Crippen MR) is 139 cm³/mol. The Morgan fingerprint density at radius 1 is 0.706 bits per heavy atom. The number of rotatable bonds is 15. The third-order valence-corrected chi connectivity index (χ3v) is 7.61. The van der Waals surface area contributed by atoms with Gasteiger partial charge in [0.05, 0.1) is 0 Å². The lowest BCUT2D eigenvalue weighted by atomic mass is 9.77. The van der Waals surface area contributed by atoms with E-state index in [2.05, 4.69) is 35.9 Å². The first-order valence-electron chi connectivity index (χ1n) is 13.8. The summed E-state index contributed by atoms with van der Waals surface area (Å²) in [5.41, 5.74) is 3.98. The summed E-state index contributed by atoms with van der Waals surface area (Å²) in [7, 11) is 0. The molecule has 3 heteroatoms. The quantitative estimate of drug-likeness (QED) is 0.235. The SMILES string of the molecule is CCCCCCCCCCC1CCC(c2ccc(CCc3ccc(OC(F)F)cc3)cc2)CC1. The molecule has 1 aliphatic carbocycles. The molecule has 0 amide bonds. The van der Waals surface area contributed by atoms with Crippen LogP contribution in [0.2, 0.25) is 0 Å². The molecule has 0 aliphatic heterocycles. The van der Waals surface area contributed by atoms with Crippen LogP contribution in [0.4, 0.5) is 8.78 Å². The minimum absolute atomic E-state index is 0.218. The average molecular weight is 471 g/mol. The van der Waals surface area contributed by atoms with Crippen LogP contribution in [-0.4, -0.2) is 6.61 Å². The summed E-state index contributed by atoms with van der Waals surface area (Å²) in [6.07, 6.45) is 20.1. The van der Waals surface area contributed by atoms with Crippen molar-refractivity contribution in [3.05, 3.63) is 65.2 Å². The van der Waals surface area contributed by atoms with E-state index < -0.39 is 6.61 Å². The van der Waals surface area contributed by atoms with Crippen molar-refractivity contribution in [2.75, 3.05) is 0 Å². The molecule has 1 fully saturated rings. The molecule has 0 bridgehead atoms. The fourth-order valence-electron chi connectivity index (χ4n) is 5.43. The highest BCUT2D eigenvalue weighted by Gasteiger charge is 2.22. The van der Waals surface area contributed by atoms with Gasteiger partial charge in [-0.25, -0.2) is 0 Å². The molecule has 1 saturated carbocycles. The fourth-order valence-corrected chi connectivity index (χ4v) is 5.43. The highest BCUT2D eigenvalue weighted by molar-refractivity contribution is 5.30. The molecular weight excluding hydrogens is 426 g/mol. The lowest BCUT2D eigenvalue weighted by Gasteiger charge is -2.29. The summed E-state index contributed by atoms with van der Waals surface area (Å²) in [4.78, 5) is 0. The van der Waals surface area contributed by atoms with Gasteiger partial charge in [0.15, 0.2) is 0 Å². The van der Waals surface area contributed by atoms with Crippen molar-refractivity contribution < 1.29 is 13.5 Å². The number of ether oxygens (including phenoxy) is 1. The summed E-state index contributed by atoms with van der Waals surface area (Å²) in [5.74, 6) is 1.90. The number of benzene rings is 2. The van der Waals surface area contributed by atoms with Crippen LogP contribution in [0.5, 0.6) is 5.75 Å². The highest BCUT2D eigenvalue weighted by atomic mass is 19.3. The normalized spacial score (nSPS) is 18.4. The van der Waals surface area contributed by atoms with Crippen LogP contribution in [0.25, 0.3) is 0 Å². The minimum Gasteiger partial charge on any atom is -0.435 e. The molecule has 0 spiro atoms. The Morgan fingerprint density at radius 3 is 1.79 bits per heavy atom. The maximum absolute atomic E-state index is 12.3. The molecule has 1 nitrogen and oxygen atoms in total. The van der Waals surface area contributed by atoms with Crippen LogP contribution in [-0.2, 0) is 12.8 Å². The van der Waals surface area contributed by atoms with Gasteiger partial charge in [0, 0.05) is 0 Å². The second-order valence-electron chi connectivity index (χ2n) is 10.2. The molecule has 0 N–H and O–H groups in total. The highest BCUT2D eigenvalue weighted by Crippen LogP contribution is 2.38. The van der Waals surface area contributed by atoms with E-state index in [0.29, 0.717) is 0 Å². The van der Waals surface area contributed by atoms with E-state index in [0.717, 1.165) is 30.2 Å². The smallest absolute Gasteiger partial charge is 0.387 e. The van der Waals surface area contributed by atoms with Gasteiger partial charge in [0.25, 0.3) is 0 Å². The van der Waals surface area contributed by atoms with Crippen LogP contribution >= 0.6 is 0 Å². The number of aryl methyl sites for hydroxylation is 2. The van der Waals surface area contributed by atoms with Crippen LogP contribution in [0.15, 0.2) is 48.5 Å². The Bertz CT molecular complexity index is 776. The molecule has 2 aromatic carbocycles. The Hall–Kier alpha value is -1.90. The van der Waals surface area contributed by atoms with Gasteiger partial charge in [-0.15, -0.1) is 0 Å². The molecule has 0 unspecified atom stereocenters. The van der Waals surface area contributed by atoms with Crippen LogP contribution in [0.3, 0.4) is 0 Å². The Balaban J connectivity index is 1.31. The van der Waals surface area contributed by atoms with E-state index in [-0.39, 0.29) is 5.75 Å². The van der Waals surface area contributed by atoms with E-state index in [4.69, 9.17) is 0 Å². The second kappa shape index (κ2) is 15.2. The van der Waals surface area contributed by atoms with Gasteiger partial charge >= 0.3 is 6.61 Å². The summed E-state index contributed by atoms with van der Waals surface area (Å²) < 4.78 is 29.0. The summed E-state index contributed by atoms with van der Waals surface area (Å²) in [5, 5.41) is 0. The first-order valence-corrected chi connectivity index (χ1v) is 13.8. The van der Waals surface area contributed by atoms with E-state index >= 15 is 0 Å². The standard InChI is InChI=1S/C31H44F2O/c1-2-3-4-5-6-7-8-9-10-25-13-19-28(20-14-25)29-21-15-26(16-22-29)11-12-27-17-23-30(24-18-27)34-31(32)33/h15-18,21-25,28,31H,2-14,19-20H2,1H3. The third-order valence-electron chi connectivity index (χ3n) is 7.61. The van der Waals surface area contributed by atoms with Crippen molar-refractivity contribution >= 4 is 0 Å². The van der Waals surface area contributed by atoms with Gasteiger partial charge < -0.3 is 4.74 Å². The van der Waals surface area contributed by atoms with E-state index in [1.807, 2.05) is 12.1 Å². The molecule has 34 heavy (non-hydrogen) atoms. The molecular formula is C31H44F2O. The lowest BCUT2D eigenvalue weighted by Crippen LogP contribution is -2.13. The van der Waals surface area contributed by atoms with Crippen molar-refractivity contribution in [1.82, 2.24) is 0 Å². The molecule has 0 radical (unpaired) electrons. The third kappa shape index (κ3) is 9.76. The first kappa shape index (κ1) is 26.7. The number of alkyl halides is 2. The Kier molecular flexibility index (Phi) is 11.9. The van der Waals surface area contributed by atoms with Gasteiger partial charge in [-0.2, -0.15) is 8.78 Å². The van der Waals surface area contributed by atoms with Crippen molar-refractivity contribution in [2.24, 2.45) is 5.92 Å². The van der Waals surface area contributed by atoms with Crippen LogP contribution in [0.1, 0.15) is 113 Å². The number of hydrogen-bond donors (Lipinski definition) is 0. The van der Waals surface area contributed by atoms with Gasteiger partial charge in [-0.1, -0.05) is 101 Å².